The molecule has 1 N–H and O–H groups in total. The van der Waals surface area contributed by atoms with E-state index < -0.39 is 6.10 Å². The second kappa shape index (κ2) is 7.70. The van der Waals surface area contributed by atoms with E-state index in [2.05, 4.69) is 60.5 Å². The molecule has 1 aromatic heterocycles. The summed E-state index contributed by atoms with van der Waals surface area (Å²) in [5, 5.41) is 10.4. The molecule has 4 nitrogen and oxygen atoms in total. The second-order valence-electron chi connectivity index (χ2n) is 6.73. The smallest absolute Gasteiger partial charge is 0.244 e. The largest absolute Gasteiger partial charge is 0.491 e. The summed E-state index contributed by atoms with van der Waals surface area (Å²) in [4.78, 5) is 0. The standard InChI is InChI=1S/C21H27N2O2/c1-4-22-15-23(21-8-6-5-7-20(21)22)13-18(24)14-25-19-11-9-17(10-12-19)16(2)3/h5-12,15-16,18,24H,4,13-14H2,1-3H3/q+1/t18-/m0/s1. The molecule has 0 aliphatic heterocycles. The van der Waals surface area contributed by atoms with E-state index in [-0.39, 0.29) is 6.61 Å². The van der Waals surface area contributed by atoms with Crippen LogP contribution < -0.4 is 9.30 Å². The molecule has 0 bridgehead atoms. The molecule has 3 rings (SSSR count). The Morgan fingerprint density at radius 2 is 1.80 bits per heavy atom. The van der Waals surface area contributed by atoms with Crippen LogP contribution in [0, 0.1) is 0 Å². The maximum atomic E-state index is 10.4. The maximum absolute atomic E-state index is 10.4. The Hall–Kier alpha value is -2.33. The SMILES string of the molecule is CCn1c[n+](C[C@H](O)COc2ccc(C(C)C)cc2)c2ccccc21. The fourth-order valence-electron chi connectivity index (χ4n) is 3.06. The van der Waals surface area contributed by atoms with Crippen LogP contribution in [0.5, 0.6) is 5.75 Å². The van der Waals surface area contributed by atoms with Gasteiger partial charge < -0.3 is 9.84 Å². The average Bonchev–Trinajstić information content (AvgIpc) is 2.98. The number of hydrogen-bond acceptors (Lipinski definition) is 2. The van der Waals surface area contributed by atoms with E-state index in [1.54, 1.807) is 0 Å². The molecule has 1 atom stereocenters. The van der Waals surface area contributed by atoms with Crippen molar-refractivity contribution in [2.45, 2.75) is 45.9 Å². The van der Waals surface area contributed by atoms with Crippen molar-refractivity contribution in [2.75, 3.05) is 6.61 Å². The quantitative estimate of drug-likeness (QED) is 0.669. The maximum Gasteiger partial charge on any atom is 0.244 e. The van der Waals surface area contributed by atoms with E-state index in [9.17, 15) is 5.11 Å². The summed E-state index contributed by atoms with van der Waals surface area (Å²) in [5.74, 6) is 1.30. The van der Waals surface area contributed by atoms with E-state index in [0.29, 0.717) is 12.5 Å². The predicted molar refractivity (Wildman–Crippen MR) is 99.8 cm³/mol. The Kier molecular flexibility index (Phi) is 5.39. The van der Waals surface area contributed by atoms with Crippen LogP contribution in [0.2, 0.25) is 0 Å². The lowest BCUT2D eigenvalue weighted by molar-refractivity contribution is -0.679. The highest BCUT2D eigenvalue weighted by atomic mass is 16.5. The van der Waals surface area contributed by atoms with Gasteiger partial charge in [-0.05, 0) is 42.7 Å². The summed E-state index contributed by atoms with van der Waals surface area (Å²) in [5.41, 5.74) is 3.60. The van der Waals surface area contributed by atoms with Gasteiger partial charge in [0.25, 0.3) is 0 Å². The Balaban J connectivity index is 1.64. The first-order valence-corrected chi connectivity index (χ1v) is 8.96. The van der Waals surface area contributed by atoms with E-state index in [1.807, 2.05) is 24.3 Å². The zero-order valence-corrected chi connectivity index (χ0v) is 15.2. The van der Waals surface area contributed by atoms with Gasteiger partial charge in [0.2, 0.25) is 6.33 Å². The van der Waals surface area contributed by atoms with Crippen LogP contribution in [-0.4, -0.2) is 22.4 Å². The minimum absolute atomic E-state index is 0.277. The van der Waals surface area contributed by atoms with Crippen molar-refractivity contribution in [1.29, 1.82) is 0 Å². The van der Waals surface area contributed by atoms with Gasteiger partial charge >= 0.3 is 0 Å². The third-order valence-corrected chi connectivity index (χ3v) is 4.52. The van der Waals surface area contributed by atoms with Crippen LogP contribution in [0.4, 0.5) is 0 Å². The summed E-state index contributed by atoms with van der Waals surface area (Å²) in [6.45, 7) is 8.16. The van der Waals surface area contributed by atoms with Gasteiger partial charge in [0, 0.05) is 0 Å². The molecule has 0 amide bonds. The molecule has 0 radical (unpaired) electrons. The molecular formula is C21H27N2O2+. The molecular weight excluding hydrogens is 312 g/mol. The average molecular weight is 339 g/mol. The van der Waals surface area contributed by atoms with Crippen LogP contribution >= 0.6 is 0 Å². The second-order valence-corrected chi connectivity index (χ2v) is 6.73. The van der Waals surface area contributed by atoms with Gasteiger partial charge in [-0.2, -0.15) is 0 Å². The summed E-state index contributed by atoms with van der Waals surface area (Å²) in [6, 6.07) is 16.4. The highest BCUT2D eigenvalue weighted by Gasteiger charge is 2.17. The fraction of sp³-hybridized carbons (Fsp3) is 0.381. The lowest BCUT2D eigenvalue weighted by Crippen LogP contribution is -2.41. The molecule has 0 aliphatic carbocycles. The Labute approximate surface area is 149 Å². The lowest BCUT2D eigenvalue weighted by Gasteiger charge is -2.12. The van der Waals surface area contributed by atoms with Gasteiger partial charge in [0.1, 0.15) is 25.0 Å². The third-order valence-electron chi connectivity index (χ3n) is 4.52. The third kappa shape index (κ3) is 4.02. The lowest BCUT2D eigenvalue weighted by atomic mass is 10.0. The number of para-hydroxylation sites is 2. The van der Waals surface area contributed by atoms with Crippen molar-refractivity contribution in [3.05, 3.63) is 60.4 Å². The van der Waals surface area contributed by atoms with Crippen LogP contribution in [0.1, 0.15) is 32.3 Å². The number of fused-ring (bicyclic) bond motifs is 1. The number of imidazole rings is 1. The number of nitrogens with zero attached hydrogens (tertiary/aromatic N) is 2. The molecule has 0 unspecified atom stereocenters. The topological polar surface area (TPSA) is 38.3 Å². The highest BCUT2D eigenvalue weighted by molar-refractivity contribution is 5.71. The van der Waals surface area contributed by atoms with Crippen LogP contribution in [0.15, 0.2) is 54.9 Å². The molecule has 3 aromatic rings. The molecule has 0 aliphatic rings. The fourth-order valence-corrected chi connectivity index (χ4v) is 3.06. The number of benzene rings is 2. The summed E-state index contributed by atoms with van der Waals surface area (Å²) in [7, 11) is 0. The zero-order valence-electron chi connectivity index (χ0n) is 15.2. The number of aromatic nitrogens is 2. The number of hydrogen-bond donors (Lipinski definition) is 1. The van der Waals surface area contributed by atoms with Crippen molar-refractivity contribution >= 4 is 11.0 Å². The van der Waals surface area contributed by atoms with Gasteiger partial charge in [-0.3, -0.25) is 0 Å². The Morgan fingerprint density at radius 1 is 1.08 bits per heavy atom. The minimum atomic E-state index is -0.564. The Morgan fingerprint density at radius 3 is 2.48 bits per heavy atom. The van der Waals surface area contributed by atoms with E-state index >= 15 is 0 Å². The van der Waals surface area contributed by atoms with E-state index in [0.717, 1.165) is 17.8 Å². The van der Waals surface area contributed by atoms with Crippen LogP contribution in [0.3, 0.4) is 0 Å². The first-order chi connectivity index (χ1) is 12.1. The van der Waals surface area contributed by atoms with E-state index in [1.165, 1.54) is 11.1 Å². The molecule has 1 heterocycles. The molecule has 0 fully saturated rings. The van der Waals surface area contributed by atoms with Crippen LogP contribution in [0.25, 0.3) is 11.0 Å². The molecule has 4 heteroatoms. The Bertz CT molecular complexity index is 822. The molecule has 0 spiro atoms. The van der Waals surface area contributed by atoms with Crippen molar-refractivity contribution in [1.82, 2.24) is 4.57 Å². The number of aryl methyl sites for hydroxylation is 1. The number of aliphatic hydroxyl groups excluding tert-OH is 1. The highest BCUT2D eigenvalue weighted by Crippen LogP contribution is 2.18. The van der Waals surface area contributed by atoms with Crippen molar-refractivity contribution < 1.29 is 14.4 Å². The van der Waals surface area contributed by atoms with Crippen molar-refractivity contribution in [3.8, 4) is 5.75 Å². The summed E-state index contributed by atoms with van der Waals surface area (Å²) < 4.78 is 10.0. The monoisotopic (exact) mass is 339 g/mol. The molecule has 0 saturated carbocycles. The summed E-state index contributed by atoms with van der Waals surface area (Å²) >= 11 is 0. The van der Waals surface area contributed by atoms with Gasteiger partial charge in [-0.15, -0.1) is 0 Å². The predicted octanol–water partition coefficient (Wildman–Crippen LogP) is 3.51. The normalized spacial score (nSPS) is 12.7. The van der Waals surface area contributed by atoms with Gasteiger partial charge in [0.05, 0.1) is 6.54 Å². The zero-order chi connectivity index (χ0) is 17.8. The number of aliphatic hydroxyl groups is 1. The molecule has 25 heavy (non-hydrogen) atoms. The molecule has 132 valence electrons. The minimum Gasteiger partial charge on any atom is -0.491 e. The van der Waals surface area contributed by atoms with Gasteiger partial charge in [0.15, 0.2) is 11.0 Å². The number of rotatable bonds is 7. The van der Waals surface area contributed by atoms with Crippen molar-refractivity contribution in [3.63, 3.8) is 0 Å². The van der Waals surface area contributed by atoms with Crippen LogP contribution in [-0.2, 0) is 13.1 Å². The molecule has 2 aromatic carbocycles. The van der Waals surface area contributed by atoms with Gasteiger partial charge in [-0.25, -0.2) is 9.13 Å². The van der Waals surface area contributed by atoms with Gasteiger partial charge in [-0.1, -0.05) is 38.1 Å². The number of ether oxygens (including phenoxy) is 1. The summed E-state index contributed by atoms with van der Waals surface area (Å²) in [6.07, 6.45) is 1.50. The van der Waals surface area contributed by atoms with E-state index in [4.69, 9.17) is 4.74 Å². The molecule has 0 saturated heterocycles. The first kappa shape index (κ1) is 17.5. The first-order valence-electron chi connectivity index (χ1n) is 8.96. The van der Waals surface area contributed by atoms with Crippen molar-refractivity contribution in [2.24, 2.45) is 0 Å².